The van der Waals surface area contributed by atoms with Crippen molar-refractivity contribution in [2.75, 3.05) is 24.5 Å². The first-order valence-electron chi connectivity index (χ1n) is 13.7. The predicted octanol–water partition coefficient (Wildman–Crippen LogP) is 6.03. The number of para-hydroxylation sites is 1. The number of phenolic OH excluding ortho intramolecular Hbond substituents is 1. The Morgan fingerprint density at radius 1 is 1.22 bits per heavy atom. The molecule has 41 heavy (non-hydrogen) atoms. The molecule has 1 atom stereocenters. The third kappa shape index (κ3) is 5.08. The maximum absolute atomic E-state index is 15.1. The second-order valence-electron chi connectivity index (χ2n) is 10.4. The lowest BCUT2D eigenvalue weighted by Crippen LogP contribution is -2.54. The molecule has 1 aliphatic heterocycles. The molecule has 0 saturated carbocycles. The number of carbonyl (C=O) groups is 1. The number of rotatable bonds is 6. The lowest BCUT2D eigenvalue weighted by molar-refractivity contribution is -0.126. The van der Waals surface area contributed by atoms with Crippen molar-refractivity contribution in [1.29, 1.82) is 0 Å². The van der Waals surface area contributed by atoms with E-state index in [0.29, 0.717) is 36.4 Å². The Hall–Kier alpha value is -4.17. The Labute approximate surface area is 243 Å². The summed E-state index contributed by atoms with van der Waals surface area (Å²) in [7, 11) is 0. The second-order valence-corrected chi connectivity index (χ2v) is 10.8. The van der Waals surface area contributed by atoms with Crippen LogP contribution in [-0.4, -0.2) is 51.1 Å². The standard InChI is InChI=1S/C32H32ClFN4O3/c1-5-9-21-11-7-10-19(3)30(21)38-26-17-22(29-25(34)12-8-13-27(29)39)24(33)16-23(26)31(35-32(38)41)37-15-14-36(18-20(37)4)28(40)6-2/h6-8,10-13,16-17,20,39H,2,5,9,14-15,18H2,1,3-4H3/t20-/m0/s1. The Morgan fingerprint density at radius 2 is 1.98 bits per heavy atom. The van der Waals surface area contributed by atoms with Crippen LogP contribution in [0, 0.1) is 12.7 Å². The monoisotopic (exact) mass is 574 g/mol. The first-order valence-corrected chi connectivity index (χ1v) is 14.0. The molecule has 0 unspecified atom stereocenters. The number of aromatic hydroxyl groups is 1. The number of carbonyl (C=O) groups excluding carboxylic acids is 1. The Morgan fingerprint density at radius 3 is 2.66 bits per heavy atom. The first kappa shape index (κ1) is 28.4. The highest BCUT2D eigenvalue weighted by Crippen LogP contribution is 2.41. The maximum Gasteiger partial charge on any atom is 0.354 e. The molecular weight excluding hydrogens is 543 g/mol. The largest absolute Gasteiger partial charge is 0.507 e. The summed E-state index contributed by atoms with van der Waals surface area (Å²) in [5.41, 5.74) is 2.83. The third-order valence-electron chi connectivity index (χ3n) is 7.67. The van der Waals surface area contributed by atoms with Gasteiger partial charge in [0, 0.05) is 41.6 Å². The van der Waals surface area contributed by atoms with E-state index in [1.807, 2.05) is 36.9 Å². The van der Waals surface area contributed by atoms with Crippen LogP contribution >= 0.6 is 11.6 Å². The van der Waals surface area contributed by atoms with Gasteiger partial charge in [-0.1, -0.05) is 55.8 Å². The normalized spacial score (nSPS) is 15.4. The molecule has 1 N–H and O–H groups in total. The topological polar surface area (TPSA) is 78.7 Å². The van der Waals surface area contributed by atoms with E-state index in [1.54, 1.807) is 21.6 Å². The van der Waals surface area contributed by atoms with Crippen LogP contribution < -0.4 is 10.6 Å². The summed E-state index contributed by atoms with van der Waals surface area (Å²) in [6.07, 6.45) is 2.92. The van der Waals surface area contributed by atoms with Crippen LogP contribution in [-0.2, 0) is 11.2 Å². The predicted molar refractivity (Wildman–Crippen MR) is 162 cm³/mol. The number of amides is 1. The molecule has 1 fully saturated rings. The van der Waals surface area contributed by atoms with Crippen molar-refractivity contribution in [3.8, 4) is 22.6 Å². The van der Waals surface area contributed by atoms with Gasteiger partial charge < -0.3 is 14.9 Å². The van der Waals surface area contributed by atoms with Crippen LogP contribution in [0.5, 0.6) is 5.75 Å². The van der Waals surface area contributed by atoms with Crippen molar-refractivity contribution in [3.63, 3.8) is 0 Å². The number of fused-ring (bicyclic) bond motifs is 1. The Bertz CT molecular complexity index is 1710. The van der Waals surface area contributed by atoms with Crippen LogP contribution in [0.25, 0.3) is 27.7 Å². The van der Waals surface area contributed by atoms with Crippen LogP contribution in [0.3, 0.4) is 0 Å². The molecule has 0 bridgehead atoms. The molecule has 0 radical (unpaired) electrons. The van der Waals surface area contributed by atoms with Gasteiger partial charge in [0.1, 0.15) is 17.4 Å². The van der Waals surface area contributed by atoms with Gasteiger partial charge in [-0.3, -0.25) is 9.36 Å². The minimum atomic E-state index is -0.631. The number of phenols is 1. The van der Waals surface area contributed by atoms with E-state index in [9.17, 15) is 14.7 Å². The molecule has 1 aliphatic rings. The summed E-state index contributed by atoms with van der Waals surface area (Å²) in [6, 6.07) is 13.2. The molecule has 9 heteroatoms. The minimum absolute atomic E-state index is 0.0414. The minimum Gasteiger partial charge on any atom is -0.507 e. The summed E-state index contributed by atoms with van der Waals surface area (Å²) in [5, 5.41) is 11.4. The summed E-state index contributed by atoms with van der Waals surface area (Å²) in [4.78, 5) is 34.6. The molecular formula is C32H32ClFN4O3. The van der Waals surface area contributed by atoms with E-state index in [-0.39, 0.29) is 33.8 Å². The van der Waals surface area contributed by atoms with Gasteiger partial charge >= 0.3 is 5.69 Å². The lowest BCUT2D eigenvalue weighted by atomic mass is 10.00. The van der Waals surface area contributed by atoms with Crippen molar-refractivity contribution < 1.29 is 14.3 Å². The zero-order valence-corrected chi connectivity index (χ0v) is 24.1. The fourth-order valence-electron chi connectivity index (χ4n) is 5.75. The molecule has 5 rings (SSSR count). The smallest absolute Gasteiger partial charge is 0.354 e. The number of nitrogens with zero attached hydrogens (tertiary/aromatic N) is 4. The van der Waals surface area contributed by atoms with E-state index in [4.69, 9.17) is 11.6 Å². The highest BCUT2D eigenvalue weighted by atomic mass is 35.5. The van der Waals surface area contributed by atoms with E-state index >= 15 is 4.39 Å². The molecule has 7 nitrogen and oxygen atoms in total. The summed E-state index contributed by atoms with van der Waals surface area (Å²) in [5.74, 6) is -0.594. The van der Waals surface area contributed by atoms with Gasteiger partial charge in [-0.05, 0) is 61.7 Å². The molecule has 4 aromatic rings. The van der Waals surface area contributed by atoms with Crippen molar-refractivity contribution in [3.05, 3.63) is 93.6 Å². The Balaban J connectivity index is 1.82. The number of anilines is 1. The van der Waals surface area contributed by atoms with Crippen LogP contribution in [0.1, 0.15) is 31.4 Å². The van der Waals surface area contributed by atoms with E-state index in [2.05, 4.69) is 18.5 Å². The van der Waals surface area contributed by atoms with E-state index < -0.39 is 11.5 Å². The number of hydrogen-bond donors (Lipinski definition) is 1. The van der Waals surface area contributed by atoms with Crippen LogP contribution in [0.15, 0.2) is 66.0 Å². The van der Waals surface area contributed by atoms with Gasteiger partial charge in [0.2, 0.25) is 5.91 Å². The molecule has 3 aromatic carbocycles. The molecule has 0 spiro atoms. The molecule has 212 valence electrons. The summed E-state index contributed by atoms with van der Waals surface area (Å²) < 4.78 is 16.6. The first-order chi connectivity index (χ1) is 19.7. The van der Waals surface area contributed by atoms with Gasteiger partial charge in [-0.2, -0.15) is 4.98 Å². The fourth-order valence-corrected chi connectivity index (χ4v) is 6.01. The summed E-state index contributed by atoms with van der Waals surface area (Å²) >= 11 is 6.79. The van der Waals surface area contributed by atoms with Gasteiger partial charge in [0.25, 0.3) is 0 Å². The second kappa shape index (κ2) is 11.4. The van der Waals surface area contributed by atoms with Crippen LogP contribution in [0.4, 0.5) is 10.2 Å². The number of piperazine rings is 1. The molecule has 1 saturated heterocycles. The number of benzene rings is 3. The molecule has 1 aromatic heterocycles. The third-order valence-corrected chi connectivity index (χ3v) is 7.98. The van der Waals surface area contributed by atoms with Gasteiger partial charge in [0.15, 0.2) is 0 Å². The molecule has 0 aliphatic carbocycles. The molecule has 1 amide bonds. The molecule has 2 heterocycles. The van der Waals surface area contributed by atoms with Gasteiger partial charge in [-0.15, -0.1) is 0 Å². The van der Waals surface area contributed by atoms with E-state index in [1.165, 1.54) is 24.3 Å². The average Bonchev–Trinajstić information content (AvgIpc) is 2.94. The number of hydrogen-bond acceptors (Lipinski definition) is 5. The van der Waals surface area contributed by atoms with Crippen LogP contribution in [0.2, 0.25) is 5.02 Å². The maximum atomic E-state index is 15.1. The zero-order chi connectivity index (χ0) is 29.4. The number of halogens is 2. The highest BCUT2D eigenvalue weighted by molar-refractivity contribution is 6.34. The summed E-state index contributed by atoms with van der Waals surface area (Å²) in [6.45, 7) is 10.9. The van der Waals surface area contributed by atoms with Crippen molar-refractivity contribution in [1.82, 2.24) is 14.5 Å². The SMILES string of the molecule is C=CC(=O)N1CCN(c2nc(=O)n(-c3c(C)cccc3CCC)c3cc(-c4c(O)cccc4F)c(Cl)cc23)[C@@H](C)C1. The van der Waals surface area contributed by atoms with Crippen molar-refractivity contribution in [2.45, 2.75) is 39.7 Å². The highest BCUT2D eigenvalue weighted by Gasteiger charge is 2.30. The fraction of sp³-hybridized carbons (Fsp3) is 0.281. The lowest BCUT2D eigenvalue weighted by Gasteiger charge is -2.40. The van der Waals surface area contributed by atoms with Gasteiger partial charge in [0.05, 0.1) is 16.8 Å². The Kier molecular flexibility index (Phi) is 7.87. The number of aryl methyl sites for hydroxylation is 2. The number of aromatic nitrogens is 2. The van der Waals surface area contributed by atoms with Gasteiger partial charge in [-0.25, -0.2) is 9.18 Å². The van der Waals surface area contributed by atoms with Crippen molar-refractivity contribution >= 4 is 34.2 Å². The quantitative estimate of drug-likeness (QED) is 0.284. The average molecular weight is 575 g/mol. The van der Waals surface area contributed by atoms with E-state index in [0.717, 1.165) is 29.7 Å². The zero-order valence-electron chi connectivity index (χ0n) is 23.3. The van der Waals surface area contributed by atoms with Crippen molar-refractivity contribution in [2.24, 2.45) is 0 Å².